The van der Waals surface area contributed by atoms with Crippen molar-refractivity contribution < 1.29 is 14.3 Å². The molecule has 1 aromatic carbocycles. The van der Waals surface area contributed by atoms with Crippen molar-refractivity contribution in [3.63, 3.8) is 0 Å². The Morgan fingerprint density at radius 3 is 2.71 bits per heavy atom. The number of piperidine rings is 1. The predicted molar refractivity (Wildman–Crippen MR) is 80.3 cm³/mol. The minimum atomic E-state index is -0.0794. The van der Waals surface area contributed by atoms with Crippen molar-refractivity contribution in [3.05, 3.63) is 30.3 Å². The largest absolute Gasteiger partial charge is 0.488 e. The van der Waals surface area contributed by atoms with Crippen LogP contribution in [0.4, 0.5) is 0 Å². The normalized spacial score (nSPS) is 24.2. The summed E-state index contributed by atoms with van der Waals surface area (Å²) < 4.78 is 12.1. The quantitative estimate of drug-likeness (QED) is 0.858. The van der Waals surface area contributed by atoms with E-state index in [4.69, 9.17) is 9.47 Å². The Kier molecular flexibility index (Phi) is 4.15. The van der Waals surface area contributed by atoms with Gasteiger partial charge in [0, 0.05) is 25.9 Å². The SMILES string of the molecule is CCC(=O)N1CCC2(CC1)CC(Oc1ccccc1)CO2. The first-order chi connectivity index (χ1) is 10.2. The summed E-state index contributed by atoms with van der Waals surface area (Å²) in [4.78, 5) is 13.7. The van der Waals surface area contributed by atoms with Gasteiger partial charge in [0.05, 0.1) is 12.2 Å². The number of rotatable bonds is 3. The van der Waals surface area contributed by atoms with Gasteiger partial charge in [-0.15, -0.1) is 0 Å². The van der Waals surface area contributed by atoms with Crippen molar-refractivity contribution in [1.82, 2.24) is 4.90 Å². The van der Waals surface area contributed by atoms with E-state index in [2.05, 4.69) is 0 Å². The van der Waals surface area contributed by atoms with Crippen LogP contribution in [-0.2, 0) is 9.53 Å². The first kappa shape index (κ1) is 14.4. The average molecular weight is 289 g/mol. The van der Waals surface area contributed by atoms with Crippen LogP contribution < -0.4 is 4.74 Å². The number of ether oxygens (including phenoxy) is 2. The second kappa shape index (κ2) is 6.06. The molecule has 4 nitrogen and oxygen atoms in total. The molecule has 0 bridgehead atoms. The maximum Gasteiger partial charge on any atom is 0.222 e. The van der Waals surface area contributed by atoms with E-state index in [9.17, 15) is 4.79 Å². The molecule has 1 unspecified atom stereocenters. The van der Waals surface area contributed by atoms with Gasteiger partial charge in [0.15, 0.2) is 0 Å². The van der Waals surface area contributed by atoms with Crippen LogP contribution in [0, 0.1) is 0 Å². The molecular weight excluding hydrogens is 266 g/mol. The molecule has 1 spiro atoms. The van der Waals surface area contributed by atoms with Gasteiger partial charge in [-0.2, -0.15) is 0 Å². The topological polar surface area (TPSA) is 38.8 Å². The molecule has 0 aliphatic carbocycles. The van der Waals surface area contributed by atoms with E-state index < -0.39 is 0 Å². The molecule has 114 valence electrons. The molecule has 0 N–H and O–H groups in total. The van der Waals surface area contributed by atoms with Gasteiger partial charge in [-0.1, -0.05) is 25.1 Å². The molecule has 2 saturated heterocycles. The lowest BCUT2D eigenvalue weighted by atomic mass is 9.88. The first-order valence-electron chi connectivity index (χ1n) is 7.84. The van der Waals surface area contributed by atoms with Gasteiger partial charge in [0.1, 0.15) is 11.9 Å². The van der Waals surface area contributed by atoms with Gasteiger partial charge >= 0.3 is 0 Å². The van der Waals surface area contributed by atoms with E-state index >= 15 is 0 Å². The molecule has 2 aliphatic rings. The molecule has 0 radical (unpaired) electrons. The minimum absolute atomic E-state index is 0.0794. The second-order valence-electron chi connectivity index (χ2n) is 5.99. The van der Waals surface area contributed by atoms with Crippen molar-refractivity contribution in [2.75, 3.05) is 19.7 Å². The van der Waals surface area contributed by atoms with Crippen molar-refractivity contribution in [1.29, 1.82) is 0 Å². The Hall–Kier alpha value is -1.55. The maximum absolute atomic E-state index is 11.7. The molecule has 2 aliphatic heterocycles. The number of hydrogen-bond donors (Lipinski definition) is 0. The molecule has 0 aromatic heterocycles. The summed E-state index contributed by atoms with van der Waals surface area (Å²) in [7, 11) is 0. The zero-order valence-corrected chi connectivity index (χ0v) is 12.6. The number of para-hydroxylation sites is 1. The fraction of sp³-hybridized carbons (Fsp3) is 0.588. The van der Waals surface area contributed by atoms with Crippen molar-refractivity contribution in [3.8, 4) is 5.75 Å². The van der Waals surface area contributed by atoms with Crippen LogP contribution in [-0.4, -0.2) is 42.2 Å². The summed E-state index contributed by atoms with van der Waals surface area (Å²) in [5, 5.41) is 0. The Morgan fingerprint density at radius 1 is 1.33 bits per heavy atom. The molecule has 3 rings (SSSR count). The molecule has 1 amide bonds. The molecule has 1 aromatic rings. The third kappa shape index (κ3) is 3.21. The van der Waals surface area contributed by atoms with Crippen molar-refractivity contribution >= 4 is 5.91 Å². The smallest absolute Gasteiger partial charge is 0.222 e. The molecule has 4 heteroatoms. The number of amides is 1. The highest BCUT2D eigenvalue weighted by atomic mass is 16.6. The fourth-order valence-corrected chi connectivity index (χ4v) is 3.31. The third-order valence-corrected chi connectivity index (χ3v) is 4.55. The Bertz CT molecular complexity index is 480. The van der Waals surface area contributed by atoms with E-state index in [0.717, 1.165) is 38.1 Å². The van der Waals surface area contributed by atoms with Gasteiger partial charge < -0.3 is 14.4 Å². The van der Waals surface area contributed by atoms with Crippen LogP contribution >= 0.6 is 0 Å². The van der Waals surface area contributed by atoms with Crippen LogP contribution in [0.3, 0.4) is 0 Å². The lowest BCUT2D eigenvalue weighted by molar-refractivity contribution is -0.135. The number of carbonyl (C=O) groups is 1. The Labute approximate surface area is 126 Å². The first-order valence-corrected chi connectivity index (χ1v) is 7.84. The molecule has 21 heavy (non-hydrogen) atoms. The maximum atomic E-state index is 11.7. The summed E-state index contributed by atoms with van der Waals surface area (Å²) in [6, 6.07) is 9.91. The highest BCUT2D eigenvalue weighted by Crippen LogP contribution is 2.37. The van der Waals surface area contributed by atoms with Gasteiger partial charge in [-0.3, -0.25) is 4.79 Å². The zero-order valence-electron chi connectivity index (χ0n) is 12.6. The number of carbonyl (C=O) groups excluding carboxylic acids is 1. The van der Waals surface area contributed by atoms with Crippen LogP contribution in [0.5, 0.6) is 5.75 Å². The summed E-state index contributed by atoms with van der Waals surface area (Å²) in [6.45, 7) is 4.19. The van der Waals surface area contributed by atoms with Gasteiger partial charge in [-0.05, 0) is 25.0 Å². The van der Waals surface area contributed by atoms with Crippen LogP contribution in [0.15, 0.2) is 30.3 Å². The van der Waals surface area contributed by atoms with E-state index in [1.807, 2.05) is 42.2 Å². The lowest BCUT2D eigenvalue weighted by Gasteiger charge is -2.38. The highest BCUT2D eigenvalue weighted by Gasteiger charge is 2.44. The van der Waals surface area contributed by atoms with Crippen LogP contribution in [0.2, 0.25) is 0 Å². The Morgan fingerprint density at radius 2 is 2.05 bits per heavy atom. The lowest BCUT2D eigenvalue weighted by Crippen LogP contribution is -2.46. The number of nitrogens with zero attached hydrogens (tertiary/aromatic N) is 1. The molecule has 2 heterocycles. The highest BCUT2D eigenvalue weighted by molar-refractivity contribution is 5.75. The molecule has 2 fully saturated rings. The van der Waals surface area contributed by atoms with Gasteiger partial charge in [-0.25, -0.2) is 0 Å². The average Bonchev–Trinajstić information content (AvgIpc) is 2.91. The predicted octanol–water partition coefficient (Wildman–Crippen LogP) is 2.63. The third-order valence-electron chi connectivity index (χ3n) is 4.55. The standard InChI is InChI=1S/C17H23NO3/c1-2-16(19)18-10-8-17(9-11-18)12-15(13-20-17)21-14-6-4-3-5-7-14/h3-7,15H,2,8-13H2,1H3. The number of hydrogen-bond acceptors (Lipinski definition) is 3. The Balaban J connectivity index is 1.54. The van der Waals surface area contributed by atoms with E-state index in [1.54, 1.807) is 0 Å². The van der Waals surface area contributed by atoms with E-state index in [1.165, 1.54) is 0 Å². The monoisotopic (exact) mass is 289 g/mol. The summed E-state index contributed by atoms with van der Waals surface area (Å²) >= 11 is 0. The fourth-order valence-electron chi connectivity index (χ4n) is 3.31. The van der Waals surface area contributed by atoms with Crippen LogP contribution in [0.1, 0.15) is 32.6 Å². The van der Waals surface area contributed by atoms with Crippen LogP contribution in [0.25, 0.3) is 0 Å². The van der Waals surface area contributed by atoms with Gasteiger partial charge in [0.2, 0.25) is 5.91 Å². The van der Waals surface area contributed by atoms with E-state index in [-0.39, 0.29) is 17.6 Å². The zero-order chi connectivity index (χ0) is 14.7. The molecule has 1 atom stereocenters. The minimum Gasteiger partial charge on any atom is -0.488 e. The van der Waals surface area contributed by atoms with Crippen molar-refractivity contribution in [2.45, 2.75) is 44.3 Å². The van der Waals surface area contributed by atoms with E-state index in [0.29, 0.717) is 13.0 Å². The second-order valence-corrected chi connectivity index (χ2v) is 5.99. The van der Waals surface area contributed by atoms with Crippen molar-refractivity contribution in [2.24, 2.45) is 0 Å². The number of likely N-dealkylation sites (tertiary alicyclic amines) is 1. The molecule has 0 saturated carbocycles. The summed E-state index contributed by atoms with van der Waals surface area (Å²) in [5.41, 5.74) is -0.0794. The van der Waals surface area contributed by atoms with Gasteiger partial charge in [0.25, 0.3) is 0 Å². The molecular formula is C17H23NO3. The summed E-state index contributed by atoms with van der Waals surface area (Å²) in [6.07, 6.45) is 3.49. The summed E-state index contributed by atoms with van der Waals surface area (Å²) in [5.74, 6) is 1.15. The number of benzene rings is 1.